The Labute approximate surface area is 91.5 Å². The van der Waals surface area contributed by atoms with Crippen LogP contribution in [-0.2, 0) is 6.42 Å². The number of nitrogens with zero attached hydrogens (tertiary/aromatic N) is 3. The number of rotatable bonds is 5. The third-order valence-electron chi connectivity index (χ3n) is 2.38. The van der Waals surface area contributed by atoms with Crippen LogP contribution >= 0.6 is 0 Å². The van der Waals surface area contributed by atoms with Gasteiger partial charge in [0.25, 0.3) is 0 Å². The largest absolute Gasteiger partial charge is 0.383 e. The van der Waals surface area contributed by atoms with Crippen LogP contribution in [0, 0.1) is 0 Å². The molecule has 1 aromatic heterocycles. The first-order valence-electron chi connectivity index (χ1n) is 5.51. The van der Waals surface area contributed by atoms with Gasteiger partial charge in [-0.3, -0.25) is 0 Å². The molecular weight excluding hydrogens is 188 g/mol. The first-order valence-corrected chi connectivity index (χ1v) is 5.51. The summed E-state index contributed by atoms with van der Waals surface area (Å²) >= 11 is 0. The molecule has 0 saturated carbocycles. The normalized spacial score (nSPS) is 10.3. The molecule has 0 unspecified atom stereocenters. The summed E-state index contributed by atoms with van der Waals surface area (Å²) < 4.78 is 0. The van der Waals surface area contributed by atoms with E-state index in [1.807, 2.05) is 7.05 Å². The maximum absolute atomic E-state index is 5.86. The third-order valence-corrected chi connectivity index (χ3v) is 2.38. The average Bonchev–Trinajstić information content (AvgIpc) is 2.21. The number of aromatic nitrogens is 2. The van der Waals surface area contributed by atoms with E-state index >= 15 is 0 Å². The summed E-state index contributed by atoms with van der Waals surface area (Å²) in [6, 6.07) is 0. The highest BCUT2D eigenvalue weighted by molar-refractivity contribution is 5.56. The number of hydrogen-bond acceptors (Lipinski definition) is 4. The molecule has 0 atom stereocenters. The molecule has 0 amide bonds. The van der Waals surface area contributed by atoms with Gasteiger partial charge in [0.1, 0.15) is 18.0 Å². The van der Waals surface area contributed by atoms with Gasteiger partial charge < -0.3 is 10.6 Å². The molecule has 4 heteroatoms. The summed E-state index contributed by atoms with van der Waals surface area (Å²) in [6.07, 6.45) is 4.64. The first-order chi connectivity index (χ1) is 7.20. The van der Waals surface area contributed by atoms with Crippen LogP contribution in [0.3, 0.4) is 0 Å². The van der Waals surface area contributed by atoms with E-state index in [1.54, 1.807) is 0 Å². The molecule has 1 rings (SSSR count). The van der Waals surface area contributed by atoms with Gasteiger partial charge in [0.05, 0.1) is 0 Å². The minimum absolute atomic E-state index is 0.616. The third kappa shape index (κ3) is 2.81. The van der Waals surface area contributed by atoms with Crippen molar-refractivity contribution >= 4 is 11.6 Å². The fraction of sp³-hybridized carbons (Fsp3) is 0.636. The standard InChI is InChI=1S/C11H20N4/c1-4-6-9-10(12)13-8-14-11(9)15(3)7-5-2/h8H,4-7H2,1-3H3,(H2,12,13,14). The molecule has 4 nitrogen and oxygen atoms in total. The van der Waals surface area contributed by atoms with Crippen LogP contribution in [0.4, 0.5) is 11.6 Å². The molecule has 84 valence electrons. The van der Waals surface area contributed by atoms with Crippen LogP contribution < -0.4 is 10.6 Å². The van der Waals surface area contributed by atoms with E-state index in [4.69, 9.17) is 5.73 Å². The molecule has 0 aromatic carbocycles. The molecule has 0 aliphatic carbocycles. The Morgan fingerprint density at radius 3 is 2.60 bits per heavy atom. The van der Waals surface area contributed by atoms with Crippen LogP contribution in [0.15, 0.2) is 6.33 Å². The monoisotopic (exact) mass is 208 g/mol. The lowest BCUT2D eigenvalue weighted by Gasteiger charge is -2.20. The smallest absolute Gasteiger partial charge is 0.137 e. The molecule has 0 fully saturated rings. The Morgan fingerprint density at radius 1 is 1.27 bits per heavy atom. The molecule has 0 saturated heterocycles. The van der Waals surface area contributed by atoms with Gasteiger partial charge in [-0.05, 0) is 12.8 Å². The molecular formula is C11H20N4. The van der Waals surface area contributed by atoms with Crippen molar-refractivity contribution < 1.29 is 0 Å². The van der Waals surface area contributed by atoms with Crippen LogP contribution in [0.5, 0.6) is 0 Å². The minimum atomic E-state index is 0.616. The van der Waals surface area contributed by atoms with Crippen LogP contribution in [0.1, 0.15) is 32.3 Å². The predicted molar refractivity (Wildman–Crippen MR) is 64.0 cm³/mol. The van der Waals surface area contributed by atoms with Crippen LogP contribution in [0.25, 0.3) is 0 Å². The van der Waals surface area contributed by atoms with E-state index in [-0.39, 0.29) is 0 Å². The minimum Gasteiger partial charge on any atom is -0.383 e. The summed E-state index contributed by atoms with van der Waals surface area (Å²) in [5.41, 5.74) is 6.94. The van der Waals surface area contributed by atoms with Crippen LogP contribution in [-0.4, -0.2) is 23.6 Å². The van der Waals surface area contributed by atoms with Crippen molar-refractivity contribution in [2.45, 2.75) is 33.1 Å². The van der Waals surface area contributed by atoms with E-state index in [1.165, 1.54) is 6.33 Å². The van der Waals surface area contributed by atoms with E-state index in [2.05, 4.69) is 28.7 Å². The SMILES string of the molecule is CCCc1c(N)ncnc1N(C)CCC. The molecule has 1 aromatic rings. The number of nitrogen functional groups attached to an aromatic ring is 1. The van der Waals surface area contributed by atoms with Gasteiger partial charge in [0, 0.05) is 19.2 Å². The Morgan fingerprint density at radius 2 is 2.00 bits per heavy atom. The van der Waals surface area contributed by atoms with Gasteiger partial charge in [-0.2, -0.15) is 0 Å². The van der Waals surface area contributed by atoms with Gasteiger partial charge >= 0.3 is 0 Å². The van der Waals surface area contributed by atoms with Crippen molar-refractivity contribution in [2.24, 2.45) is 0 Å². The van der Waals surface area contributed by atoms with Crippen molar-refractivity contribution in [1.29, 1.82) is 0 Å². The zero-order valence-electron chi connectivity index (χ0n) is 9.82. The Balaban J connectivity index is 2.99. The zero-order chi connectivity index (χ0) is 11.3. The van der Waals surface area contributed by atoms with Crippen molar-refractivity contribution in [3.63, 3.8) is 0 Å². The lowest BCUT2D eigenvalue weighted by molar-refractivity contribution is 0.813. The summed E-state index contributed by atoms with van der Waals surface area (Å²) in [5, 5.41) is 0. The summed E-state index contributed by atoms with van der Waals surface area (Å²) in [7, 11) is 2.05. The fourth-order valence-electron chi connectivity index (χ4n) is 1.68. The molecule has 0 spiro atoms. The van der Waals surface area contributed by atoms with E-state index in [9.17, 15) is 0 Å². The van der Waals surface area contributed by atoms with E-state index in [0.29, 0.717) is 5.82 Å². The van der Waals surface area contributed by atoms with Gasteiger partial charge in [0.2, 0.25) is 0 Å². The summed E-state index contributed by atoms with van der Waals surface area (Å²) in [4.78, 5) is 10.5. The average molecular weight is 208 g/mol. The number of anilines is 2. The number of nitrogens with two attached hydrogens (primary N) is 1. The second kappa shape index (κ2) is 5.53. The second-order valence-electron chi connectivity index (χ2n) is 3.73. The molecule has 2 N–H and O–H groups in total. The maximum atomic E-state index is 5.86. The van der Waals surface area contributed by atoms with Crippen molar-refractivity contribution in [3.05, 3.63) is 11.9 Å². The molecule has 1 heterocycles. The van der Waals surface area contributed by atoms with Crippen molar-refractivity contribution in [1.82, 2.24) is 9.97 Å². The predicted octanol–water partition coefficient (Wildman–Crippen LogP) is 1.86. The second-order valence-corrected chi connectivity index (χ2v) is 3.73. The lowest BCUT2D eigenvalue weighted by atomic mass is 10.1. The topological polar surface area (TPSA) is 55.0 Å². The number of hydrogen-bond donors (Lipinski definition) is 1. The molecule has 0 bridgehead atoms. The van der Waals surface area contributed by atoms with Gasteiger partial charge in [0.15, 0.2) is 0 Å². The Kier molecular flexibility index (Phi) is 4.34. The van der Waals surface area contributed by atoms with Gasteiger partial charge in [-0.1, -0.05) is 20.3 Å². The highest BCUT2D eigenvalue weighted by Crippen LogP contribution is 2.21. The molecule has 0 aliphatic heterocycles. The highest BCUT2D eigenvalue weighted by Gasteiger charge is 2.11. The maximum Gasteiger partial charge on any atom is 0.137 e. The van der Waals surface area contributed by atoms with E-state index in [0.717, 1.165) is 37.2 Å². The fourth-order valence-corrected chi connectivity index (χ4v) is 1.68. The summed E-state index contributed by atoms with van der Waals surface area (Å²) in [5.74, 6) is 1.59. The quantitative estimate of drug-likeness (QED) is 0.802. The first kappa shape index (κ1) is 11.8. The Hall–Kier alpha value is -1.32. The van der Waals surface area contributed by atoms with E-state index < -0.39 is 0 Å². The van der Waals surface area contributed by atoms with Gasteiger partial charge in [-0.25, -0.2) is 9.97 Å². The molecule has 0 aliphatic rings. The Bertz CT molecular complexity index is 311. The highest BCUT2D eigenvalue weighted by atomic mass is 15.2. The lowest BCUT2D eigenvalue weighted by Crippen LogP contribution is -2.21. The molecule has 15 heavy (non-hydrogen) atoms. The van der Waals surface area contributed by atoms with Gasteiger partial charge in [-0.15, -0.1) is 0 Å². The summed E-state index contributed by atoms with van der Waals surface area (Å²) in [6.45, 7) is 5.28. The molecule has 0 radical (unpaired) electrons. The van der Waals surface area contributed by atoms with Crippen molar-refractivity contribution in [2.75, 3.05) is 24.2 Å². The van der Waals surface area contributed by atoms with Crippen LogP contribution in [0.2, 0.25) is 0 Å². The van der Waals surface area contributed by atoms with Crippen molar-refractivity contribution in [3.8, 4) is 0 Å². The zero-order valence-corrected chi connectivity index (χ0v) is 9.82.